The molecule has 5 rings (SSSR count). The van der Waals surface area contributed by atoms with E-state index >= 15 is 0 Å². The molecule has 1 aromatic heterocycles. The van der Waals surface area contributed by atoms with Crippen molar-refractivity contribution in [1.82, 2.24) is 19.6 Å². The van der Waals surface area contributed by atoms with E-state index in [1.165, 1.54) is 36.5 Å². The molecule has 0 aliphatic carbocycles. The smallest absolute Gasteiger partial charge is 0.264 e. The second-order valence-electron chi connectivity index (χ2n) is 8.76. The van der Waals surface area contributed by atoms with Crippen molar-refractivity contribution in [2.75, 3.05) is 14.1 Å². The molecule has 2 heterocycles. The van der Waals surface area contributed by atoms with Crippen LogP contribution in [0.15, 0.2) is 81.8 Å². The number of carbonyl (C=O) groups excluding carboxylic acids is 1. The number of thioether (sulfide) groups is 1. The number of aromatic nitrogens is 2. The second-order valence-corrected chi connectivity index (χ2v) is 12.8. The third-order valence-corrected chi connectivity index (χ3v) is 9.26. The summed E-state index contributed by atoms with van der Waals surface area (Å²) < 4.78 is 25.9. The van der Waals surface area contributed by atoms with Gasteiger partial charge in [-0.2, -0.15) is 0 Å². The monoisotopic (exact) mass is 597 g/mol. The molecule has 4 aromatic rings. The molecule has 1 aliphatic rings. The van der Waals surface area contributed by atoms with Crippen LogP contribution in [0.4, 0.5) is 5.69 Å². The van der Waals surface area contributed by atoms with Crippen LogP contribution in [0.3, 0.4) is 0 Å². The highest BCUT2D eigenvalue weighted by molar-refractivity contribution is 8.18. The van der Waals surface area contributed by atoms with Crippen molar-refractivity contribution in [3.05, 3.63) is 98.8 Å². The molecule has 12 heteroatoms. The van der Waals surface area contributed by atoms with Crippen molar-refractivity contribution in [3.8, 4) is 0 Å². The van der Waals surface area contributed by atoms with E-state index in [4.69, 9.17) is 23.2 Å². The fraction of sp³-hybridized carbons (Fsp3) is 0.111. The number of aliphatic imine (C=N–C) groups is 1. The highest BCUT2D eigenvalue weighted by Gasteiger charge is 2.24. The third kappa shape index (κ3) is 5.85. The van der Waals surface area contributed by atoms with Gasteiger partial charge in [0.1, 0.15) is 12.0 Å². The number of halogens is 2. The lowest BCUT2D eigenvalue weighted by Gasteiger charge is -2.12. The zero-order chi connectivity index (χ0) is 27.7. The second kappa shape index (κ2) is 11.1. The maximum absolute atomic E-state index is 12.6. The van der Waals surface area contributed by atoms with Crippen LogP contribution in [0.25, 0.3) is 17.0 Å². The fourth-order valence-corrected chi connectivity index (χ4v) is 6.08. The van der Waals surface area contributed by atoms with Crippen LogP contribution in [0.1, 0.15) is 16.8 Å². The van der Waals surface area contributed by atoms with E-state index in [2.05, 4.69) is 20.3 Å². The lowest BCUT2D eigenvalue weighted by Crippen LogP contribution is -2.22. The minimum absolute atomic E-state index is 0.227. The van der Waals surface area contributed by atoms with Crippen LogP contribution < -0.4 is 5.32 Å². The van der Waals surface area contributed by atoms with Gasteiger partial charge in [0.2, 0.25) is 10.0 Å². The van der Waals surface area contributed by atoms with Gasteiger partial charge in [-0.25, -0.2) is 27.7 Å². The largest absolute Gasteiger partial charge is 0.300 e. The number of amides is 1. The Balaban J connectivity index is 1.42. The summed E-state index contributed by atoms with van der Waals surface area (Å²) in [6, 6.07) is 17.5. The molecule has 0 radical (unpaired) electrons. The molecule has 0 bridgehead atoms. The fourth-order valence-electron chi connectivity index (χ4n) is 3.87. The quantitative estimate of drug-likeness (QED) is 0.287. The van der Waals surface area contributed by atoms with E-state index in [0.29, 0.717) is 32.2 Å². The Kier molecular flexibility index (Phi) is 7.75. The SMILES string of the molecule is CN(C)S(=O)(=O)c1ccc(Cc2ncnc3ccc(/C=C4\SC(=Nc5c(Cl)cccc5Cl)NC4=O)cc23)cc1. The third-order valence-electron chi connectivity index (χ3n) is 5.91. The number of amidine groups is 1. The maximum atomic E-state index is 12.6. The summed E-state index contributed by atoms with van der Waals surface area (Å²) in [5.74, 6) is -0.278. The minimum Gasteiger partial charge on any atom is -0.300 e. The van der Waals surface area contributed by atoms with Gasteiger partial charge in [-0.1, -0.05) is 47.5 Å². The molecule has 1 fully saturated rings. The number of hydrogen-bond acceptors (Lipinski definition) is 7. The van der Waals surface area contributed by atoms with Gasteiger partial charge < -0.3 is 5.32 Å². The Morgan fingerprint density at radius 1 is 1.03 bits per heavy atom. The predicted molar refractivity (Wildman–Crippen MR) is 157 cm³/mol. The van der Waals surface area contributed by atoms with Crippen molar-refractivity contribution in [3.63, 3.8) is 0 Å². The van der Waals surface area contributed by atoms with Gasteiger partial charge in [0.15, 0.2) is 5.17 Å². The minimum atomic E-state index is -3.50. The van der Waals surface area contributed by atoms with Crippen LogP contribution in [-0.4, -0.2) is 47.9 Å². The summed E-state index contributed by atoms with van der Waals surface area (Å²) in [6.07, 6.45) is 3.75. The topological polar surface area (TPSA) is 105 Å². The Hall–Kier alpha value is -3.28. The van der Waals surface area contributed by atoms with E-state index in [1.807, 2.05) is 18.2 Å². The molecule has 39 heavy (non-hydrogen) atoms. The first-order valence-electron chi connectivity index (χ1n) is 11.6. The van der Waals surface area contributed by atoms with E-state index in [0.717, 1.165) is 27.7 Å². The lowest BCUT2D eigenvalue weighted by atomic mass is 10.0. The zero-order valence-corrected chi connectivity index (χ0v) is 23.9. The molecule has 1 aliphatic heterocycles. The summed E-state index contributed by atoms with van der Waals surface area (Å²) in [6.45, 7) is 0. The Morgan fingerprint density at radius 2 is 1.74 bits per heavy atom. The number of sulfonamides is 1. The van der Waals surface area contributed by atoms with Crippen molar-refractivity contribution in [2.45, 2.75) is 11.3 Å². The van der Waals surface area contributed by atoms with Gasteiger partial charge in [0.25, 0.3) is 5.91 Å². The molecular formula is C27H21Cl2N5O3S2. The Bertz CT molecular complexity index is 1750. The van der Waals surface area contributed by atoms with Gasteiger partial charge in [0.05, 0.1) is 31.1 Å². The normalized spacial score (nSPS) is 16.0. The number of nitrogens with zero attached hydrogens (tertiary/aromatic N) is 4. The molecule has 1 N–H and O–H groups in total. The van der Waals surface area contributed by atoms with Gasteiger partial charge in [-0.05, 0) is 65.4 Å². The van der Waals surface area contributed by atoms with Crippen molar-refractivity contribution in [2.24, 2.45) is 4.99 Å². The highest BCUT2D eigenvalue weighted by atomic mass is 35.5. The number of benzene rings is 3. The molecule has 0 unspecified atom stereocenters. The summed E-state index contributed by atoms with van der Waals surface area (Å²) in [5.41, 5.74) is 3.63. The van der Waals surface area contributed by atoms with E-state index < -0.39 is 10.0 Å². The molecule has 0 atom stereocenters. The van der Waals surface area contributed by atoms with E-state index in [-0.39, 0.29) is 10.8 Å². The standard InChI is InChI=1S/C27H21Cl2N5O3S2/c1-34(2)39(36,37)18-9-6-16(7-10-18)13-23-19-12-17(8-11-22(19)30-15-31-23)14-24-26(35)33-27(38-24)32-25-20(28)4-3-5-21(25)29/h3-12,14-15H,13H2,1-2H3,(H,32,33,35)/b24-14-. The molecule has 1 saturated heterocycles. The van der Waals surface area contributed by atoms with E-state index in [9.17, 15) is 13.2 Å². The maximum Gasteiger partial charge on any atom is 0.264 e. The molecular weight excluding hydrogens is 577 g/mol. The summed E-state index contributed by atoms with van der Waals surface area (Å²) in [4.78, 5) is 26.6. The van der Waals surface area contributed by atoms with Crippen LogP contribution in [0, 0.1) is 0 Å². The van der Waals surface area contributed by atoms with E-state index in [1.54, 1.807) is 48.5 Å². The van der Waals surface area contributed by atoms with Crippen LogP contribution in [0.2, 0.25) is 10.0 Å². The van der Waals surface area contributed by atoms with Crippen LogP contribution in [0.5, 0.6) is 0 Å². The number of hydrogen-bond donors (Lipinski definition) is 1. The number of nitrogens with one attached hydrogen (secondary N) is 1. The molecule has 0 saturated carbocycles. The summed E-state index contributed by atoms with van der Waals surface area (Å²) in [5, 5.41) is 4.73. The molecule has 0 spiro atoms. The average Bonchev–Trinajstić information content (AvgIpc) is 3.25. The summed E-state index contributed by atoms with van der Waals surface area (Å²) >= 11 is 13.6. The number of fused-ring (bicyclic) bond motifs is 1. The highest BCUT2D eigenvalue weighted by Crippen LogP contribution is 2.36. The zero-order valence-electron chi connectivity index (χ0n) is 20.7. The average molecular weight is 599 g/mol. The van der Waals surface area contributed by atoms with Crippen molar-refractivity contribution < 1.29 is 13.2 Å². The molecule has 1 amide bonds. The molecule has 198 valence electrons. The first-order valence-corrected chi connectivity index (χ1v) is 14.6. The molecule has 8 nitrogen and oxygen atoms in total. The first kappa shape index (κ1) is 27.3. The van der Waals surface area contributed by atoms with Crippen LogP contribution >= 0.6 is 35.0 Å². The van der Waals surface area contributed by atoms with Gasteiger partial charge in [-0.15, -0.1) is 0 Å². The Morgan fingerprint density at radius 3 is 2.44 bits per heavy atom. The lowest BCUT2D eigenvalue weighted by molar-refractivity contribution is -0.115. The number of carbonyl (C=O) groups is 1. The van der Waals surface area contributed by atoms with Crippen molar-refractivity contribution >= 4 is 78.7 Å². The van der Waals surface area contributed by atoms with Gasteiger partial charge in [-0.3, -0.25) is 4.79 Å². The van der Waals surface area contributed by atoms with Gasteiger partial charge >= 0.3 is 0 Å². The first-order chi connectivity index (χ1) is 18.6. The number of para-hydroxylation sites is 1. The predicted octanol–water partition coefficient (Wildman–Crippen LogP) is 5.67. The Labute approximate surface area is 239 Å². The van der Waals surface area contributed by atoms with Crippen molar-refractivity contribution in [1.29, 1.82) is 0 Å². The van der Waals surface area contributed by atoms with Crippen LogP contribution in [-0.2, 0) is 21.2 Å². The summed E-state index contributed by atoms with van der Waals surface area (Å²) in [7, 11) is -0.506. The van der Waals surface area contributed by atoms with Gasteiger partial charge in [0, 0.05) is 25.9 Å². The molecule has 3 aromatic carbocycles. The number of rotatable bonds is 6.